The number of rotatable bonds is 4. The monoisotopic (exact) mass is 309 g/mol. The number of nitrogens with one attached hydrogen (secondary N) is 1. The number of aromatic nitrogens is 3. The molecule has 2 aromatic rings. The highest BCUT2D eigenvalue weighted by atomic mass is 32.1. The van der Waals surface area contributed by atoms with Gasteiger partial charge in [0.05, 0.1) is 12.2 Å². The molecule has 2 aromatic heterocycles. The van der Waals surface area contributed by atoms with Crippen molar-refractivity contribution in [3.63, 3.8) is 0 Å². The molecule has 0 fully saturated rings. The number of hydrogen-bond acceptors (Lipinski definition) is 7. The molecule has 0 aromatic carbocycles. The second-order valence-corrected chi connectivity index (χ2v) is 5.59. The standard InChI is InChI=1S/C9H10F3N5S2/c1-17(2)8-14-5(4-18-8)3-13-7-16-15-6(19-7)9(10,11)12/h4H,3H2,1-2H3,(H,13,16). The lowest BCUT2D eigenvalue weighted by molar-refractivity contribution is -0.138. The molecule has 0 saturated heterocycles. The van der Waals surface area contributed by atoms with E-state index in [1.165, 1.54) is 11.3 Å². The molecule has 10 heteroatoms. The van der Waals surface area contributed by atoms with E-state index in [1.807, 2.05) is 24.4 Å². The molecule has 0 saturated carbocycles. The van der Waals surface area contributed by atoms with E-state index in [0.717, 1.165) is 10.8 Å². The van der Waals surface area contributed by atoms with Gasteiger partial charge in [-0.1, -0.05) is 11.3 Å². The van der Waals surface area contributed by atoms with Gasteiger partial charge in [-0.25, -0.2) is 4.98 Å². The van der Waals surface area contributed by atoms with Crippen LogP contribution in [-0.2, 0) is 12.7 Å². The maximum absolute atomic E-state index is 12.3. The summed E-state index contributed by atoms with van der Waals surface area (Å²) in [5, 5.41) is 11.2. The van der Waals surface area contributed by atoms with Crippen molar-refractivity contribution in [1.29, 1.82) is 0 Å². The second-order valence-electron chi connectivity index (χ2n) is 3.78. The Kier molecular flexibility index (Phi) is 3.90. The van der Waals surface area contributed by atoms with Crippen molar-refractivity contribution in [3.05, 3.63) is 16.1 Å². The van der Waals surface area contributed by atoms with Crippen LogP contribution in [-0.4, -0.2) is 29.3 Å². The molecule has 1 N–H and O–H groups in total. The number of thiazole rings is 1. The van der Waals surface area contributed by atoms with Crippen molar-refractivity contribution in [2.75, 3.05) is 24.3 Å². The van der Waals surface area contributed by atoms with E-state index in [-0.39, 0.29) is 5.13 Å². The van der Waals surface area contributed by atoms with Crippen LogP contribution < -0.4 is 10.2 Å². The van der Waals surface area contributed by atoms with Gasteiger partial charge in [-0.2, -0.15) is 13.2 Å². The van der Waals surface area contributed by atoms with Crippen LogP contribution >= 0.6 is 22.7 Å². The fraction of sp³-hybridized carbons (Fsp3) is 0.444. The first-order chi connectivity index (χ1) is 8.86. The molecule has 0 aliphatic heterocycles. The molecule has 0 aliphatic carbocycles. The first-order valence-corrected chi connectivity index (χ1v) is 6.82. The van der Waals surface area contributed by atoms with Gasteiger partial charge >= 0.3 is 6.18 Å². The second kappa shape index (κ2) is 5.29. The van der Waals surface area contributed by atoms with Crippen LogP contribution in [0.2, 0.25) is 0 Å². The van der Waals surface area contributed by atoms with Gasteiger partial charge in [0, 0.05) is 19.5 Å². The largest absolute Gasteiger partial charge is 0.445 e. The maximum Gasteiger partial charge on any atom is 0.445 e. The summed E-state index contributed by atoms with van der Waals surface area (Å²) in [6, 6.07) is 0. The summed E-state index contributed by atoms with van der Waals surface area (Å²) in [6.45, 7) is 0.316. The summed E-state index contributed by atoms with van der Waals surface area (Å²) in [7, 11) is 3.74. The van der Waals surface area contributed by atoms with Gasteiger partial charge in [-0.05, 0) is 0 Å². The summed E-state index contributed by atoms with van der Waals surface area (Å²) in [4.78, 5) is 6.16. The van der Waals surface area contributed by atoms with Crippen LogP contribution in [0.25, 0.3) is 0 Å². The molecule has 2 heterocycles. The number of nitrogens with zero attached hydrogens (tertiary/aromatic N) is 4. The predicted molar refractivity (Wildman–Crippen MR) is 68.7 cm³/mol. The number of alkyl halides is 3. The van der Waals surface area contributed by atoms with Gasteiger partial charge in [-0.15, -0.1) is 21.5 Å². The summed E-state index contributed by atoms with van der Waals surface area (Å²) < 4.78 is 37.0. The summed E-state index contributed by atoms with van der Waals surface area (Å²) >= 11 is 1.94. The molecule has 19 heavy (non-hydrogen) atoms. The Morgan fingerprint density at radius 1 is 1.32 bits per heavy atom. The van der Waals surface area contributed by atoms with Gasteiger partial charge in [0.15, 0.2) is 5.13 Å². The van der Waals surface area contributed by atoms with E-state index in [0.29, 0.717) is 17.9 Å². The lowest BCUT2D eigenvalue weighted by Gasteiger charge is -2.05. The highest BCUT2D eigenvalue weighted by Crippen LogP contribution is 2.33. The Bertz CT molecular complexity index is 548. The molecule has 0 aliphatic rings. The van der Waals surface area contributed by atoms with Crippen molar-refractivity contribution in [1.82, 2.24) is 15.2 Å². The van der Waals surface area contributed by atoms with E-state index < -0.39 is 11.2 Å². The van der Waals surface area contributed by atoms with E-state index in [2.05, 4.69) is 20.5 Å². The van der Waals surface area contributed by atoms with Crippen molar-refractivity contribution in [2.24, 2.45) is 0 Å². The van der Waals surface area contributed by atoms with Crippen LogP contribution in [0.5, 0.6) is 0 Å². The van der Waals surface area contributed by atoms with Gasteiger partial charge in [-0.3, -0.25) is 0 Å². The molecule has 0 atom stereocenters. The molecule has 0 bridgehead atoms. The average Bonchev–Trinajstić information content (AvgIpc) is 2.95. The van der Waals surface area contributed by atoms with E-state index in [1.54, 1.807) is 0 Å². The van der Waals surface area contributed by atoms with Crippen molar-refractivity contribution in [3.8, 4) is 0 Å². The average molecular weight is 309 g/mol. The third kappa shape index (κ3) is 3.53. The molecule has 0 radical (unpaired) electrons. The molecule has 0 spiro atoms. The van der Waals surface area contributed by atoms with Gasteiger partial charge in [0.1, 0.15) is 0 Å². The van der Waals surface area contributed by atoms with E-state index >= 15 is 0 Å². The Morgan fingerprint density at radius 2 is 2.05 bits per heavy atom. The van der Waals surface area contributed by atoms with Crippen molar-refractivity contribution >= 4 is 32.9 Å². The summed E-state index contributed by atoms with van der Waals surface area (Å²) in [5.74, 6) is 0. The van der Waals surface area contributed by atoms with Crippen LogP contribution in [0.4, 0.5) is 23.4 Å². The van der Waals surface area contributed by atoms with Crippen molar-refractivity contribution in [2.45, 2.75) is 12.7 Å². The third-order valence-electron chi connectivity index (χ3n) is 2.01. The number of hydrogen-bond donors (Lipinski definition) is 1. The first kappa shape index (κ1) is 14.0. The Labute approximate surface area is 115 Å². The minimum Gasteiger partial charge on any atom is -0.354 e. The molecular weight excluding hydrogens is 299 g/mol. The Hall–Kier alpha value is -1.42. The highest BCUT2D eigenvalue weighted by Gasteiger charge is 2.35. The minimum atomic E-state index is -4.45. The van der Waals surface area contributed by atoms with Gasteiger partial charge in [0.2, 0.25) is 10.1 Å². The van der Waals surface area contributed by atoms with Crippen LogP contribution in [0.15, 0.2) is 5.38 Å². The minimum absolute atomic E-state index is 0.131. The molecule has 104 valence electrons. The summed E-state index contributed by atoms with van der Waals surface area (Å²) in [5.41, 5.74) is 0.748. The maximum atomic E-state index is 12.3. The zero-order valence-corrected chi connectivity index (χ0v) is 11.7. The highest BCUT2D eigenvalue weighted by molar-refractivity contribution is 7.15. The zero-order valence-electron chi connectivity index (χ0n) is 10.0. The lowest BCUT2D eigenvalue weighted by atomic mass is 10.5. The smallest absolute Gasteiger partial charge is 0.354 e. The number of anilines is 2. The Balaban J connectivity index is 1.96. The van der Waals surface area contributed by atoms with Crippen LogP contribution in [0.1, 0.15) is 10.7 Å². The van der Waals surface area contributed by atoms with E-state index in [9.17, 15) is 13.2 Å². The predicted octanol–water partition coefficient (Wildman–Crippen LogP) is 2.69. The lowest BCUT2D eigenvalue weighted by Crippen LogP contribution is -2.08. The molecular formula is C9H10F3N5S2. The third-order valence-corrected chi connectivity index (χ3v) is 3.99. The van der Waals surface area contributed by atoms with Gasteiger partial charge < -0.3 is 10.2 Å². The fourth-order valence-electron chi connectivity index (χ4n) is 1.16. The zero-order chi connectivity index (χ0) is 14.0. The van der Waals surface area contributed by atoms with Crippen molar-refractivity contribution < 1.29 is 13.2 Å². The quantitative estimate of drug-likeness (QED) is 0.941. The van der Waals surface area contributed by atoms with Crippen LogP contribution in [0, 0.1) is 0 Å². The SMILES string of the molecule is CN(C)c1nc(CNc2nnc(C(F)(F)F)s2)cs1. The topological polar surface area (TPSA) is 53.9 Å². The van der Waals surface area contributed by atoms with Crippen LogP contribution in [0.3, 0.4) is 0 Å². The summed E-state index contributed by atoms with van der Waals surface area (Å²) in [6.07, 6.45) is -4.45. The normalized spacial score (nSPS) is 11.6. The van der Waals surface area contributed by atoms with Gasteiger partial charge in [0.25, 0.3) is 0 Å². The molecule has 5 nitrogen and oxygen atoms in total. The molecule has 0 unspecified atom stereocenters. The fourth-order valence-corrected chi connectivity index (χ4v) is 2.52. The molecule has 0 amide bonds. The Morgan fingerprint density at radius 3 is 2.58 bits per heavy atom. The number of halogens is 3. The molecule has 2 rings (SSSR count). The van der Waals surface area contributed by atoms with E-state index in [4.69, 9.17) is 0 Å². The first-order valence-electron chi connectivity index (χ1n) is 5.12.